The molecule has 2 heterocycles. The number of benzene rings is 2. The third-order valence-electron chi connectivity index (χ3n) is 5.92. The number of nitrogens with zero attached hydrogens (tertiary/aromatic N) is 1. The van der Waals surface area contributed by atoms with Crippen molar-refractivity contribution in [1.29, 1.82) is 0 Å². The summed E-state index contributed by atoms with van der Waals surface area (Å²) in [4.78, 5) is 32.4. The highest BCUT2D eigenvalue weighted by atomic mass is 19.1. The van der Waals surface area contributed by atoms with Crippen LogP contribution in [-0.4, -0.2) is 21.8 Å². The molecule has 0 radical (unpaired) electrons. The molecule has 33 heavy (non-hydrogen) atoms. The van der Waals surface area contributed by atoms with Crippen molar-refractivity contribution in [3.05, 3.63) is 83.9 Å². The predicted molar refractivity (Wildman–Crippen MR) is 125 cm³/mol. The summed E-state index contributed by atoms with van der Waals surface area (Å²) < 4.78 is 13.5. The Hall–Kier alpha value is -4.00. The van der Waals surface area contributed by atoms with Gasteiger partial charge in [-0.2, -0.15) is 0 Å². The number of pyridine rings is 1. The van der Waals surface area contributed by atoms with Gasteiger partial charge in [0.05, 0.1) is 11.6 Å². The van der Waals surface area contributed by atoms with E-state index in [1.54, 1.807) is 30.6 Å². The van der Waals surface area contributed by atoms with Gasteiger partial charge < -0.3 is 15.6 Å². The average Bonchev–Trinajstić information content (AvgIpc) is 3.58. The summed E-state index contributed by atoms with van der Waals surface area (Å²) in [6.45, 7) is 1.82. The predicted octanol–water partition coefficient (Wildman–Crippen LogP) is 5.21. The summed E-state index contributed by atoms with van der Waals surface area (Å²) >= 11 is 0. The molecule has 1 aliphatic rings. The van der Waals surface area contributed by atoms with Gasteiger partial charge in [0, 0.05) is 34.8 Å². The average molecular weight is 442 g/mol. The van der Waals surface area contributed by atoms with Crippen LogP contribution in [0.15, 0.2) is 67.0 Å². The zero-order valence-electron chi connectivity index (χ0n) is 18.1. The maximum atomic E-state index is 13.5. The summed E-state index contributed by atoms with van der Waals surface area (Å²) in [5.74, 6) is 0.0936. The molecule has 3 N–H and O–H groups in total. The molecule has 1 saturated carbocycles. The van der Waals surface area contributed by atoms with Crippen LogP contribution in [-0.2, 0) is 4.79 Å². The molecule has 1 fully saturated rings. The van der Waals surface area contributed by atoms with Crippen LogP contribution in [0, 0.1) is 11.7 Å². The van der Waals surface area contributed by atoms with Crippen LogP contribution in [0.25, 0.3) is 22.0 Å². The summed E-state index contributed by atoms with van der Waals surface area (Å²) in [5.41, 5.74) is 3.83. The van der Waals surface area contributed by atoms with E-state index in [4.69, 9.17) is 0 Å². The third kappa shape index (κ3) is 4.48. The van der Waals surface area contributed by atoms with E-state index in [0.29, 0.717) is 16.9 Å². The standard InChI is InChI=1S/C26H23FN4O2/c1-15(17-3-2-4-20(27)11-17)30-26(33)22-14-28-23-9-7-18(12-21(22)23)19-8-10-24(29-13-19)31-25(32)16-5-6-16/h2-4,7-16,28H,5-6H2,1H3,(H,30,33)(H,29,31,32)/t15-/m0/s1. The molecule has 2 aromatic heterocycles. The number of hydrogen-bond donors (Lipinski definition) is 3. The SMILES string of the molecule is C[C@H](NC(=O)c1c[nH]c2ccc(-c3ccc(NC(=O)C4CC4)nc3)cc12)c1cccc(F)c1. The van der Waals surface area contributed by atoms with Crippen molar-refractivity contribution in [2.24, 2.45) is 5.92 Å². The summed E-state index contributed by atoms with van der Waals surface area (Å²) in [6, 6.07) is 15.4. The van der Waals surface area contributed by atoms with E-state index in [1.165, 1.54) is 12.1 Å². The van der Waals surface area contributed by atoms with Crippen LogP contribution >= 0.6 is 0 Å². The lowest BCUT2D eigenvalue weighted by Gasteiger charge is -2.14. The Morgan fingerprint density at radius 2 is 1.91 bits per heavy atom. The van der Waals surface area contributed by atoms with Crippen molar-refractivity contribution in [2.45, 2.75) is 25.8 Å². The molecular formula is C26H23FN4O2. The minimum Gasteiger partial charge on any atom is -0.360 e. The Bertz CT molecular complexity index is 1340. The summed E-state index contributed by atoms with van der Waals surface area (Å²) in [7, 11) is 0. The van der Waals surface area contributed by atoms with Crippen LogP contribution in [0.4, 0.5) is 10.2 Å². The number of anilines is 1. The number of amides is 2. The van der Waals surface area contributed by atoms with Crippen LogP contribution in [0.5, 0.6) is 0 Å². The fourth-order valence-electron chi connectivity index (χ4n) is 3.83. The van der Waals surface area contributed by atoms with Crippen molar-refractivity contribution in [2.75, 3.05) is 5.32 Å². The topological polar surface area (TPSA) is 86.9 Å². The molecule has 1 atom stereocenters. The Kier molecular flexibility index (Phi) is 5.38. The van der Waals surface area contributed by atoms with E-state index < -0.39 is 0 Å². The minimum absolute atomic E-state index is 0.0205. The number of fused-ring (bicyclic) bond motifs is 1. The number of carbonyl (C=O) groups is 2. The van der Waals surface area contributed by atoms with E-state index >= 15 is 0 Å². The molecule has 0 spiro atoms. The van der Waals surface area contributed by atoms with E-state index in [1.807, 2.05) is 31.2 Å². The van der Waals surface area contributed by atoms with Crippen LogP contribution in [0.1, 0.15) is 41.7 Å². The van der Waals surface area contributed by atoms with Crippen molar-refractivity contribution >= 4 is 28.5 Å². The Morgan fingerprint density at radius 1 is 1.09 bits per heavy atom. The van der Waals surface area contributed by atoms with Gasteiger partial charge in [0.15, 0.2) is 0 Å². The molecule has 0 unspecified atom stereocenters. The number of rotatable bonds is 6. The lowest BCUT2D eigenvalue weighted by Crippen LogP contribution is -2.26. The number of aromatic amines is 1. The van der Waals surface area contributed by atoms with Crippen molar-refractivity contribution < 1.29 is 14.0 Å². The summed E-state index contributed by atoms with van der Waals surface area (Å²) in [6.07, 6.45) is 5.27. The number of hydrogen-bond acceptors (Lipinski definition) is 3. The summed E-state index contributed by atoms with van der Waals surface area (Å²) in [5, 5.41) is 6.55. The van der Waals surface area contributed by atoms with E-state index in [-0.39, 0.29) is 29.6 Å². The number of carbonyl (C=O) groups excluding carboxylic acids is 2. The van der Waals surface area contributed by atoms with Crippen LogP contribution < -0.4 is 10.6 Å². The molecule has 1 aliphatic carbocycles. The molecule has 2 amide bonds. The van der Waals surface area contributed by atoms with Crippen molar-refractivity contribution in [1.82, 2.24) is 15.3 Å². The smallest absolute Gasteiger partial charge is 0.253 e. The normalized spacial score (nSPS) is 14.1. The number of aromatic nitrogens is 2. The first-order valence-corrected chi connectivity index (χ1v) is 10.9. The minimum atomic E-state index is -0.344. The lowest BCUT2D eigenvalue weighted by atomic mass is 10.0. The van der Waals surface area contributed by atoms with Gasteiger partial charge in [0.25, 0.3) is 5.91 Å². The molecule has 0 bridgehead atoms. The van der Waals surface area contributed by atoms with Gasteiger partial charge in [-0.15, -0.1) is 0 Å². The van der Waals surface area contributed by atoms with Gasteiger partial charge in [-0.25, -0.2) is 9.37 Å². The fraction of sp³-hybridized carbons (Fsp3) is 0.192. The van der Waals surface area contributed by atoms with Gasteiger partial charge >= 0.3 is 0 Å². The highest BCUT2D eigenvalue weighted by Crippen LogP contribution is 2.30. The number of H-pyrrole nitrogens is 1. The largest absolute Gasteiger partial charge is 0.360 e. The van der Waals surface area contributed by atoms with Gasteiger partial charge in [-0.05, 0) is 67.3 Å². The maximum Gasteiger partial charge on any atom is 0.253 e. The Labute approximate surface area is 190 Å². The monoisotopic (exact) mass is 442 g/mol. The van der Waals surface area contributed by atoms with Crippen LogP contribution in [0.2, 0.25) is 0 Å². The second kappa shape index (κ2) is 8.50. The van der Waals surface area contributed by atoms with Gasteiger partial charge in [-0.1, -0.05) is 18.2 Å². The first-order chi connectivity index (χ1) is 16.0. The first kappa shape index (κ1) is 20.9. The first-order valence-electron chi connectivity index (χ1n) is 10.9. The Morgan fingerprint density at radius 3 is 2.64 bits per heavy atom. The van der Waals surface area contributed by atoms with Gasteiger partial charge in [0.2, 0.25) is 5.91 Å². The van der Waals surface area contributed by atoms with Crippen molar-refractivity contribution in [3.63, 3.8) is 0 Å². The number of nitrogens with one attached hydrogen (secondary N) is 3. The molecule has 7 heteroatoms. The third-order valence-corrected chi connectivity index (χ3v) is 5.92. The van der Waals surface area contributed by atoms with Crippen LogP contribution in [0.3, 0.4) is 0 Å². The second-order valence-electron chi connectivity index (χ2n) is 8.41. The highest BCUT2D eigenvalue weighted by molar-refractivity contribution is 6.07. The zero-order chi connectivity index (χ0) is 22.9. The quantitative estimate of drug-likeness (QED) is 0.383. The highest BCUT2D eigenvalue weighted by Gasteiger charge is 2.29. The Balaban J connectivity index is 1.36. The van der Waals surface area contributed by atoms with E-state index in [2.05, 4.69) is 20.6 Å². The zero-order valence-corrected chi connectivity index (χ0v) is 18.1. The molecule has 0 aliphatic heterocycles. The van der Waals surface area contributed by atoms with Gasteiger partial charge in [0.1, 0.15) is 11.6 Å². The molecule has 4 aromatic rings. The number of halogens is 1. The molecule has 5 rings (SSSR count). The molecule has 166 valence electrons. The van der Waals surface area contributed by atoms with E-state index in [0.717, 1.165) is 34.9 Å². The van der Waals surface area contributed by atoms with Crippen molar-refractivity contribution in [3.8, 4) is 11.1 Å². The molecule has 0 saturated heterocycles. The second-order valence-corrected chi connectivity index (χ2v) is 8.41. The molecular weight excluding hydrogens is 419 g/mol. The maximum absolute atomic E-state index is 13.5. The van der Waals surface area contributed by atoms with Gasteiger partial charge in [-0.3, -0.25) is 9.59 Å². The fourth-order valence-corrected chi connectivity index (χ4v) is 3.83. The molecule has 2 aromatic carbocycles. The lowest BCUT2D eigenvalue weighted by molar-refractivity contribution is -0.117. The molecule has 6 nitrogen and oxygen atoms in total. The van der Waals surface area contributed by atoms with E-state index in [9.17, 15) is 14.0 Å².